The molecule has 17 heavy (non-hydrogen) atoms. The van der Waals surface area contributed by atoms with Crippen LogP contribution >= 0.6 is 12.4 Å². The topological polar surface area (TPSA) is 51.0 Å². The summed E-state index contributed by atoms with van der Waals surface area (Å²) in [6.45, 7) is 8.59. The van der Waals surface area contributed by atoms with Crippen molar-refractivity contribution in [1.82, 2.24) is 15.5 Å². The van der Waals surface area contributed by atoms with Gasteiger partial charge in [-0.1, -0.05) is 25.9 Å². The summed E-state index contributed by atoms with van der Waals surface area (Å²) in [5.41, 5.74) is -0.0172. The molecule has 1 aliphatic rings. The highest BCUT2D eigenvalue weighted by Gasteiger charge is 2.21. The molecule has 1 N–H and O–H groups in total. The number of halogens is 1. The maximum absolute atomic E-state index is 5.27. The lowest BCUT2D eigenvalue weighted by Gasteiger charge is -2.10. The first kappa shape index (κ1) is 14.5. The van der Waals surface area contributed by atoms with E-state index in [9.17, 15) is 0 Å². The largest absolute Gasteiger partial charge is 0.339 e. The van der Waals surface area contributed by atoms with Gasteiger partial charge in [-0.05, 0) is 31.8 Å². The van der Waals surface area contributed by atoms with Gasteiger partial charge in [-0.25, -0.2) is 0 Å². The minimum absolute atomic E-state index is 0. The predicted molar refractivity (Wildman–Crippen MR) is 69.5 cm³/mol. The summed E-state index contributed by atoms with van der Waals surface area (Å²) < 4.78 is 5.27. The average molecular weight is 260 g/mol. The molecule has 1 aliphatic heterocycles. The highest BCUT2D eigenvalue weighted by atomic mass is 35.5. The van der Waals surface area contributed by atoms with Crippen molar-refractivity contribution in [3.05, 3.63) is 11.7 Å². The Labute approximate surface area is 109 Å². The maximum atomic E-state index is 5.27. The first-order valence-electron chi connectivity index (χ1n) is 6.09. The fraction of sp³-hybridized carbons (Fsp3) is 0.833. The Morgan fingerprint density at radius 3 is 2.71 bits per heavy atom. The Bertz CT molecular complexity index is 340. The molecule has 1 unspecified atom stereocenters. The Morgan fingerprint density at radius 2 is 2.18 bits per heavy atom. The van der Waals surface area contributed by atoms with E-state index in [0.29, 0.717) is 0 Å². The van der Waals surface area contributed by atoms with Crippen LogP contribution in [0.15, 0.2) is 4.52 Å². The molecule has 1 aromatic heterocycles. The van der Waals surface area contributed by atoms with Gasteiger partial charge in [0.2, 0.25) is 5.89 Å². The molecule has 0 saturated carbocycles. The number of nitrogens with zero attached hydrogens (tertiary/aromatic N) is 2. The average Bonchev–Trinajstić information content (AvgIpc) is 2.85. The summed E-state index contributed by atoms with van der Waals surface area (Å²) in [7, 11) is 0. The molecule has 0 radical (unpaired) electrons. The normalized spacial score (nSPS) is 20.3. The van der Waals surface area contributed by atoms with Gasteiger partial charge in [0, 0.05) is 11.8 Å². The molecule has 5 heteroatoms. The number of aryl methyl sites for hydroxylation is 1. The second-order valence-corrected chi connectivity index (χ2v) is 5.66. The highest BCUT2D eigenvalue weighted by molar-refractivity contribution is 5.85. The molecule has 2 rings (SSSR count). The molecule has 1 atom stereocenters. The van der Waals surface area contributed by atoms with Gasteiger partial charge < -0.3 is 9.84 Å². The van der Waals surface area contributed by atoms with E-state index in [2.05, 4.69) is 36.2 Å². The van der Waals surface area contributed by atoms with Crippen LogP contribution in [-0.2, 0) is 11.8 Å². The van der Waals surface area contributed by atoms with Gasteiger partial charge in [0.25, 0.3) is 0 Å². The Kier molecular flexibility index (Phi) is 4.95. The van der Waals surface area contributed by atoms with Crippen molar-refractivity contribution in [3.63, 3.8) is 0 Å². The second-order valence-electron chi connectivity index (χ2n) is 5.66. The van der Waals surface area contributed by atoms with Crippen LogP contribution in [-0.4, -0.2) is 23.2 Å². The van der Waals surface area contributed by atoms with Crippen LogP contribution in [0.25, 0.3) is 0 Å². The molecule has 1 aromatic rings. The maximum Gasteiger partial charge on any atom is 0.226 e. The first-order valence-corrected chi connectivity index (χ1v) is 6.09. The van der Waals surface area contributed by atoms with E-state index in [4.69, 9.17) is 4.52 Å². The molecule has 0 aliphatic carbocycles. The highest BCUT2D eigenvalue weighted by Crippen LogP contribution is 2.20. The molecule has 4 nitrogen and oxygen atoms in total. The molecule has 2 heterocycles. The van der Waals surface area contributed by atoms with Crippen molar-refractivity contribution in [1.29, 1.82) is 0 Å². The quantitative estimate of drug-likeness (QED) is 0.905. The summed E-state index contributed by atoms with van der Waals surface area (Å²) in [4.78, 5) is 4.44. The van der Waals surface area contributed by atoms with E-state index in [-0.39, 0.29) is 17.8 Å². The molecule has 1 fully saturated rings. The monoisotopic (exact) mass is 259 g/mol. The lowest BCUT2D eigenvalue weighted by atomic mass is 9.96. The van der Waals surface area contributed by atoms with E-state index in [0.717, 1.165) is 43.6 Å². The first-order chi connectivity index (χ1) is 7.55. The summed E-state index contributed by atoms with van der Waals surface area (Å²) in [6.07, 6.45) is 3.34. The smallest absolute Gasteiger partial charge is 0.226 e. The minimum atomic E-state index is -0.0172. The summed E-state index contributed by atoms with van der Waals surface area (Å²) in [6, 6.07) is 0. The molecule has 1 saturated heterocycles. The van der Waals surface area contributed by atoms with Gasteiger partial charge in [-0.15, -0.1) is 12.4 Å². The number of aromatic nitrogens is 2. The third-order valence-electron chi connectivity index (χ3n) is 3.07. The molecule has 0 bridgehead atoms. The fourth-order valence-electron chi connectivity index (χ4n) is 1.95. The molecule has 98 valence electrons. The van der Waals surface area contributed by atoms with Crippen LogP contribution in [0.3, 0.4) is 0 Å². The lowest BCUT2D eigenvalue weighted by Crippen LogP contribution is -2.13. The number of rotatable bonds is 3. The Hall–Kier alpha value is -0.610. The third-order valence-corrected chi connectivity index (χ3v) is 3.07. The third kappa shape index (κ3) is 3.96. The van der Waals surface area contributed by atoms with E-state index in [1.165, 1.54) is 6.42 Å². The lowest BCUT2D eigenvalue weighted by molar-refractivity contribution is 0.352. The van der Waals surface area contributed by atoms with Crippen molar-refractivity contribution in [2.24, 2.45) is 5.92 Å². The van der Waals surface area contributed by atoms with Gasteiger partial charge in [0.1, 0.15) is 0 Å². The zero-order valence-electron chi connectivity index (χ0n) is 10.8. The van der Waals surface area contributed by atoms with Crippen molar-refractivity contribution in [2.75, 3.05) is 13.1 Å². The van der Waals surface area contributed by atoms with Crippen molar-refractivity contribution in [2.45, 2.75) is 45.4 Å². The fourth-order valence-corrected chi connectivity index (χ4v) is 1.95. The SMILES string of the molecule is CC(C)(C)c1noc(CCC2CCNC2)n1.Cl. The van der Waals surface area contributed by atoms with Gasteiger partial charge in [-0.3, -0.25) is 0 Å². The molecular formula is C12H22ClN3O. The Balaban J connectivity index is 0.00000144. The summed E-state index contributed by atoms with van der Waals surface area (Å²) >= 11 is 0. The zero-order chi connectivity index (χ0) is 11.6. The zero-order valence-corrected chi connectivity index (χ0v) is 11.6. The standard InChI is InChI=1S/C12H21N3O.ClH/c1-12(2,3)11-14-10(16-15-11)5-4-9-6-7-13-8-9;/h9,13H,4-8H2,1-3H3;1H. The number of nitrogens with one attached hydrogen (secondary N) is 1. The van der Waals surface area contributed by atoms with Crippen molar-refractivity contribution in [3.8, 4) is 0 Å². The number of hydrogen-bond donors (Lipinski definition) is 1. The molecule has 0 spiro atoms. The van der Waals surface area contributed by atoms with E-state index < -0.39 is 0 Å². The van der Waals surface area contributed by atoms with E-state index in [1.54, 1.807) is 0 Å². The van der Waals surface area contributed by atoms with Gasteiger partial charge in [0.15, 0.2) is 5.82 Å². The summed E-state index contributed by atoms with van der Waals surface area (Å²) in [5, 5.41) is 7.40. The molecule has 0 aromatic carbocycles. The second kappa shape index (κ2) is 5.83. The minimum Gasteiger partial charge on any atom is -0.339 e. The van der Waals surface area contributed by atoms with Gasteiger partial charge >= 0.3 is 0 Å². The predicted octanol–water partition coefficient (Wildman–Crippen LogP) is 2.33. The van der Waals surface area contributed by atoms with Crippen LogP contribution in [0.2, 0.25) is 0 Å². The van der Waals surface area contributed by atoms with Gasteiger partial charge in [0.05, 0.1) is 0 Å². The molecular weight excluding hydrogens is 238 g/mol. The Morgan fingerprint density at radius 1 is 1.41 bits per heavy atom. The van der Waals surface area contributed by atoms with Crippen LogP contribution in [0.4, 0.5) is 0 Å². The number of hydrogen-bond acceptors (Lipinski definition) is 4. The van der Waals surface area contributed by atoms with Crippen LogP contribution < -0.4 is 5.32 Å². The van der Waals surface area contributed by atoms with Crippen molar-refractivity contribution < 1.29 is 4.52 Å². The van der Waals surface area contributed by atoms with E-state index in [1.807, 2.05) is 0 Å². The van der Waals surface area contributed by atoms with Crippen LogP contribution in [0.1, 0.15) is 45.3 Å². The van der Waals surface area contributed by atoms with Crippen LogP contribution in [0.5, 0.6) is 0 Å². The summed E-state index contributed by atoms with van der Waals surface area (Å²) in [5.74, 6) is 2.38. The van der Waals surface area contributed by atoms with Gasteiger partial charge in [-0.2, -0.15) is 4.98 Å². The van der Waals surface area contributed by atoms with Crippen LogP contribution in [0, 0.1) is 5.92 Å². The van der Waals surface area contributed by atoms with Crippen molar-refractivity contribution >= 4 is 12.4 Å². The van der Waals surface area contributed by atoms with E-state index >= 15 is 0 Å². The molecule has 0 amide bonds.